The van der Waals surface area contributed by atoms with E-state index in [9.17, 15) is 4.79 Å². The normalized spacial score (nSPS) is 15.3. The van der Waals surface area contributed by atoms with Gasteiger partial charge in [0.05, 0.1) is 5.69 Å². The average molecular weight is 373 g/mol. The van der Waals surface area contributed by atoms with Crippen molar-refractivity contribution in [3.63, 3.8) is 0 Å². The number of aryl methyl sites for hydroxylation is 2. The summed E-state index contributed by atoms with van der Waals surface area (Å²) in [6, 6.07) is 5.68. The topological polar surface area (TPSA) is 63.7 Å². The van der Waals surface area contributed by atoms with E-state index >= 15 is 0 Å². The van der Waals surface area contributed by atoms with Crippen LogP contribution in [0.15, 0.2) is 18.2 Å². The number of amides is 2. The number of ether oxygens (including phenoxy) is 2. The third-order valence-electron chi connectivity index (χ3n) is 4.79. The van der Waals surface area contributed by atoms with E-state index in [1.54, 1.807) is 16.2 Å². The van der Waals surface area contributed by atoms with Crippen LogP contribution >= 0.6 is 11.3 Å². The van der Waals surface area contributed by atoms with Crippen molar-refractivity contribution in [3.8, 4) is 11.5 Å². The quantitative estimate of drug-likeness (QED) is 0.816. The Morgan fingerprint density at radius 3 is 2.96 bits per heavy atom. The molecule has 6 nitrogen and oxygen atoms in total. The largest absolute Gasteiger partial charge is 0.454 e. The molecule has 1 aliphatic heterocycles. The number of hydrogen-bond donors (Lipinski definition) is 1. The fourth-order valence-corrected chi connectivity index (χ4v) is 4.38. The molecule has 1 N–H and O–H groups in total. The van der Waals surface area contributed by atoms with Crippen molar-refractivity contribution in [3.05, 3.63) is 34.3 Å². The monoisotopic (exact) mass is 373 g/mol. The summed E-state index contributed by atoms with van der Waals surface area (Å²) in [5.74, 6) is 1.49. The van der Waals surface area contributed by atoms with E-state index in [2.05, 4.69) is 10.3 Å². The van der Waals surface area contributed by atoms with Crippen LogP contribution in [0, 0.1) is 0 Å². The number of fused-ring (bicyclic) bond motifs is 2. The molecular weight excluding hydrogens is 350 g/mol. The second kappa shape index (κ2) is 7.53. The maximum atomic E-state index is 12.7. The summed E-state index contributed by atoms with van der Waals surface area (Å²) >= 11 is 1.62. The lowest BCUT2D eigenvalue weighted by Gasteiger charge is -2.21. The van der Waals surface area contributed by atoms with Gasteiger partial charge in [0.2, 0.25) is 6.79 Å². The van der Waals surface area contributed by atoms with Crippen LogP contribution in [0.25, 0.3) is 0 Å². The van der Waals surface area contributed by atoms with E-state index in [-0.39, 0.29) is 12.8 Å². The predicted octanol–water partition coefficient (Wildman–Crippen LogP) is 4.19. The molecule has 1 aromatic carbocycles. The van der Waals surface area contributed by atoms with Crippen LogP contribution in [-0.4, -0.2) is 29.3 Å². The van der Waals surface area contributed by atoms with Gasteiger partial charge < -0.3 is 14.4 Å². The van der Waals surface area contributed by atoms with Gasteiger partial charge >= 0.3 is 6.03 Å². The number of carbonyl (C=O) groups excluding carboxylic acids is 1. The second-order valence-electron chi connectivity index (χ2n) is 6.58. The molecule has 2 amide bonds. The highest BCUT2D eigenvalue weighted by molar-refractivity contribution is 7.15. The van der Waals surface area contributed by atoms with E-state index in [1.165, 1.54) is 29.8 Å². The van der Waals surface area contributed by atoms with Gasteiger partial charge in [-0.2, -0.15) is 0 Å². The Hall–Kier alpha value is -2.28. The first-order valence-corrected chi connectivity index (χ1v) is 9.97. The van der Waals surface area contributed by atoms with Crippen molar-refractivity contribution in [2.75, 3.05) is 18.7 Å². The molecular formula is C19H23N3O3S. The Balaban J connectivity index is 1.42. The number of thiazole rings is 1. The first-order chi connectivity index (χ1) is 12.7. The SMILES string of the molecule is CCN(Cc1ccc2c(c1)OCO2)C(=O)Nc1nc2c(s1)CCCCC2. The highest BCUT2D eigenvalue weighted by Gasteiger charge is 2.19. The highest BCUT2D eigenvalue weighted by Crippen LogP contribution is 2.33. The zero-order valence-corrected chi connectivity index (χ0v) is 15.7. The summed E-state index contributed by atoms with van der Waals surface area (Å²) in [7, 11) is 0. The van der Waals surface area contributed by atoms with Crippen LogP contribution in [0.2, 0.25) is 0 Å². The molecule has 2 aromatic rings. The fourth-order valence-electron chi connectivity index (χ4n) is 3.34. The molecule has 26 heavy (non-hydrogen) atoms. The van der Waals surface area contributed by atoms with E-state index < -0.39 is 0 Å². The fraction of sp³-hybridized carbons (Fsp3) is 0.474. The van der Waals surface area contributed by atoms with Gasteiger partial charge in [-0.3, -0.25) is 5.32 Å². The first-order valence-electron chi connectivity index (χ1n) is 9.16. The number of nitrogens with zero attached hydrogens (tertiary/aromatic N) is 2. The molecule has 0 spiro atoms. The molecule has 0 saturated heterocycles. The number of benzene rings is 1. The van der Waals surface area contributed by atoms with Gasteiger partial charge in [0, 0.05) is 18.0 Å². The van der Waals surface area contributed by atoms with E-state index in [0.717, 1.165) is 29.9 Å². The zero-order valence-electron chi connectivity index (χ0n) is 14.9. The number of rotatable bonds is 4. The van der Waals surface area contributed by atoms with Gasteiger partial charge in [-0.05, 0) is 50.3 Å². The number of aromatic nitrogens is 1. The summed E-state index contributed by atoms with van der Waals surface area (Å²) in [5.41, 5.74) is 2.18. The summed E-state index contributed by atoms with van der Waals surface area (Å²) in [6.07, 6.45) is 5.78. The second-order valence-corrected chi connectivity index (χ2v) is 7.67. The van der Waals surface area contributed by atoms with Crippen molar-refractivity contribution in [2.24, 2.45) is 0 Å². The lowest BCUT2D eigenvalue weighted by Crippen LogP contribution is -2.34. The van der Waals surface area contributed by atoms with Gasteiger partial charge in [-0.1, -0.05) is 12.5 Å². The van der Waals surface area contributed by atoms with Crippen molar-refractivity contribution >= 4 is 22.5 Å². The maximum absolute atomic E-state index is 12.7. The zero-order chi connectivity index (χ0) is 17.9. The summed E-state index contributed by atoms with van der Waals surface area (Å²) in [5, 5.41) is 3.70. The Morgan fingerprint density at radius 2 is 2.08 bits per heavy atom. The lowest BCUT2D eigenvalue weighted by molar-refractivity contribution is 0.174. The lowest BCUT2D eigenvalue weighted by atomic mass is 10.2. The van der Waals surface area contributed by atoms with Crippen LogP contribution in [0.4, 0.5) is 9.93 Å². The van der Waals surface area contributed by atoms with Gasteiger partial charge in [0.25, 0.3) is 0 Å². The van der Waals surface area contributed by atoms with Crippen LogP contribution in [0.5, 0.6) is 11.5 Å². The number of anilines is 1. The van der Waals surface area contributed by atoms with Gasteiger partial charge in [0.1, 0.15) is 0 Å². The third kappa shape index (κ3) is 3.62. The van der Waals surface area contributed by atoms with Crippen LogP contribution in [-0.2, 0) is 19.4 Å². The minimum Gasteiger partial charge on any atom is -0.454 e. The van der Waals surface area contributed by atoms with Crippen molar-refractivity contribution in [2.45, 2.75) is 45.6 Å². The Labute approximate surface area is 157 Å². The van der Waals surface area contributed by atoms with E-state index in [4.69, 9.17) is 9.47 Å². The average Bonchev–Trinajstić information content (AvgIpc) is 3.20. The third-order valence-corrected chi connectivity index (χ3v) is 5.86. The molecule has 1 aliphatic carbocycles. The molecule has 0 saturated carbocycles. The minimum absolute atomic E-state index is 0.117. The van der Waals surface area contributed by atoms with Gasteiger partial charge in [0.15, 0.2) is 16.6 Å². The molecule has 0 atom stereocenters. The molecule has 138 valence electrons. The smallest absolute Gasteiger partial charge is 0.323 e. The number of hydrogen-bond acceptors (Lipinski definition) is 5. The predicted molar refractivity (Wildman–Crippen MR) is 101 cm³/mol. The van der Waals surface area contributed by atoms with Crippen molar-refractivity contribution in [1.29, 1.82) is 0 Å². The molecule has 0 radical (unpaired) electrons. The highest BCUT2D eigenvalue weighted by atomic mass is 32.1. The molecule has 2 heterocycles. The number of nitrogens with one attached hydrogen (secondary N) is 1. The Morgan fingerprint density at radius 1 is 1.23 bits per heavy atom. The molecule has 0 unspecified atom stereocenters. The first kappa shape index (κ1) is 17.1. The van der Waals surface area contributed by atoms with Crippen LogP contribution in [0.3, 0.4) is 0 Å². The number of carbonyl (C=O) groups is 1. The van der Waals surface area contributed by atoms with E-state index in [0.29, 0.717) is 18.2 Å². The summed E-state index contributed by atoms with van der Waals surface area (Å²) < 4.78 is 10.8. The van der Waals surface area contributed by atoms with Crippen LogP contribution in [0.1, 0.15) is 42.3 Å². The van der Waals surface area contributed by atoms with Crippen molar-refractivity contribution < 1.29 is 14.3 Å². The molecule has 2 aliphatic rings. The Bertz CT molecular complexity index is 782. The van der Waals surface area contributed by atoms with Crippen molar-refractivity contribution in [1.82, 2.24) is 9.88 Å². The van der Waals surface area contributed by atoms with E-state index in [1.807, 2.05) is 25.1 Å². The standard InChI is InChI=1S/C19H23N3O3S/c1-2-22(11-13-8-9-15-16(10-13)25-12-24-15)19(23)21-18-20-14-6-4-3-5-7-17(14)26-18/h8-10H,2-7,11-12H2,1H3,(H,20,21,23). The molecule has 0 bridgehead atoms. The number of urea groups is 1. The van der Waals surface area contributed by atoms with Gasteiger partial charge in [-0.15, -0.1) is 11.3 Å². The molecule has 4 rings (SSSR count). The molecule has 1 aromatic heterocycles. The summed E-state index contributed by atoms with van der Waals surface area (Å²) in [4.78, 5) is 20.4. The Kier molecular flexibility index (Phi) is 4.97. The maximum Gasteiger partial charge on any atom is 0.323 e. The summed E-state index contributed by atoms with van der Waals surface area (Å²) in [6.45, 7) is 3.37. The molecule has 0 fully saturated rings. The minimum atomic E-state index is -0.117. The van der Waals surface area contributed by atoms with Crippen LogP contribution < -0.4 is 14.8 Å². The molecule has 7 heteroatoms. The van der Waals surface area contributed by atoms with Gasteiger partial charge in [-0.25, -0.2) is 9.78 Å².